The summed E-state index contributed by atoms with van der Waals surface area (Å²) in [5.41, 5.74) is 3.63. The SMILES string of the molecule is OC1(c2ccc3c(c2)CC3)CC2CCC(C1)S2. The summed E-state index contributed by atoms with van der Waals surface area (Å²) in [6.07, 6.45) is 6.99. The molecule has 0 amide bonds. The van der Waals surface area contributed by atoms with Crippen LogP contribution < -0.4 is 0 Å². The normalized spacial score (nSPS) is 38.6. The molecule has 1 N–H and O–H groups in total. The second kappa shape index (κ2) is 3.52. The topological polar surface area (TPSA) is 20.2 Å². The molecule has 2 heteroatoms. The van der Waals surface area contributed by atoms with Crippen molar-refractivity contribution in [3.8, 4) is 0 Å². The molecule has 2 fully saturated rings. The molecule has 2 heterocycles. The van der Waals surface area contributed by atoms with Gasteiger partial charge in [0, 0.05) is 10.5 Å². The molecule has 0 spiro atoms. The minimum Gasteiger partial charge on any atom is -0.385 e. The molecule has 1 aromatic rings. The Morgan fingerprint density at radius 2 is 1.76 bits per heavy atom. The first-order valence-corrected chi connectivity index (χ1v) is 7.67. The predicted octanol–water partition coefficient (Wildman–Crippen LogP) is 3.03. The molecule has 2 aliphatic heterocycles. The van der Waals surface area contributed by atoms with E-state index in [2.05, 4.69) is 30.0 Å². The molecule has 1 aliphatic carbocycles. The summed E-state index contributed by atoms with van der Waals surface area (Å²) in [4.78, 5) is 0. The molecule has 2 unspecified atom stereocenters. The van der Waals surface area contributed by atoms with Gasteiger partial charge in [-0.3, -0.25) is 0 Å². The van der Waals surface area contributed by atoms with E-state index in [-0.39, 0.29) is 0 Å². The van der Waals surface area contributed by atoms with Crippen molar-refractivity contribution < 1.29 is 5.11 Å². The first kappa shape index (κ1) is 10.5. The summed E-state index contributed by atoms with van der Waals surface area (Å²) in [7, 11) is 0. The van der Waals surface area contributed by atoms with Crippen LogP contribution in [-0.4, -0.2) is 15.6 Å². The number of rotatable bonds is 1. The van der Waals surface area contributed by atoms with Crippen LogP contribution in [0.5, 0.6) is 0 Å². The van der Waals surface area contributed by atoms with Gasteiger partial charge in [0.1, 0.15) is 0 Å². The van der Waals surface area contributed by atoms with Crippen molar-refractivity contribution in [3.05, 3.63) is 34.9 Å². The van der Waals surface area contributed by atoms with Crippen LogP contribution in [0.4, 0.5) is 0 Å². The summed E-state index contributed by atoms with van der Waals surface area (Å²) in [6.45, 7) is 0. The fourth-order valence-corrected chi connectivity index (χ4v) is 5.47. The maximum absolute atomic E-state index is 10.9. The highest BCUT2D eigenvalue weighted by atomic mass is 32.2. The van der Waals surface area contributed by atoms with E-state index in [4.69, 9.17) is 0 Å². The number of benzene rings is 1. The quantitative estimate of drug-likeness (QED) is 0.822. The fourth-order valence-electron chi connectivity index (χ4n) is 3.64. The standard InChI is InChI=1S/C15H18OS/c16-15(8-13-5-6-14(9-15)17-13)12-4-3-10-1-2-11(10)7-12/h3-4,7,13-14,16H,1-2,5-6,8-9H2. The summed E-state index contributed by atoms with van der Waals surface area (Å²) in [5, 5.41) is 12.3. The number of aliphatic hydroxyl groups is 1. The van der Waals surface area contributed by atoms with Crippen LogP contribution in [-0.2, 0) is 18.4 Å². The summed E-state index contributed by atoms with van der Waals surface area (Å²) < 4.78 is 0. The Kier molecular flexibility index (Phi) is 2.16. The van der Waals surface area contributed by atoms with Crippen molar-refractivity contribution in [2.75, 3.05) is 0 Å². The lowest BCUT2D eigenvalue weighted by atomic mass is 9.80. The van der Waals surface area contributed by atoms with Gasteiger partial charge in [0.25, 0.3) is 0 Å². The molecule has 0 aromatic heterocycles. The number of hydrogen-bond acceptors (Lipinski definition) is 2. The number of hydrogen-bond donors (Lipinski definition) is 1. The van der Waals surface area contributed by atoms with E-state index < -0.39 is 5.60 Å². The van der Waals surface area contributed by atoms with E-state index in [1.54, 1.807) is 0 Å². The number of aryl methyl sites for hydroxylation is 2. The van der Waals surface area contributed by atoms with Crippen molar-refractivity contribution >= 4 is 11.8 Å². The van der Waals surface area contributed by atoms with Crippen molar-refractivity contribution in [2.45, 2.75) is 54.6 Å². The Bertz CT molecular complexity index is 456. The molecule has 2 saturated heterocycles. The lowest BCUT2D eigenvalue weighted by Gasteiger charge is -2.37. The predicted molar refractivity (Wildman–Crippen MR) is 71.4 cm³/mol. The van der Waals surface area contributed by atoms with E-state index >= 15 is 0 Å². The summed E-state index contributed by atoms with van der Waals surface area (Å²) in [6, 6.07) is 6.68. The molecular weight excluding hydrogens is 228 g/mol. The van der Waals surface area contributed by atoms with Crippen LogP contribution in [0.1, 0.15) is 42.4 Å². The zero-order valence-corrected chi connectivity index (χ0v) is 10.8. The Morgan fingerprint density at radius 1 is 1.06 bits per heavy atom. The van der Waals surface area contributed by atoms with Crippen LogP contribution in [0.2, 0.25) is 0 Å². The zero-order valence-electron chi connectivity index (χ0n) is 9.98. The molecule has 90 valence electrons. The lowest BCUT2D eigenvalue weighted by molar-refractivity contribution is 0.0195. The van der Waals surface area contributed by atoms with Gasteiger partial charge in [-0.2, -0.15) is 11.8 Å². The van der Waals surface area contributed by atoms with E-state index in [1.165, 1.54) is 42.4 Å². The van der Waals surface area contributed by atoms with Gasteiger partial charge in [-0.05, 0) is 55.2 Å². The van der Waals surface area contributed by atoms with Crippen molar-refractivity contribution in [1.29, 1.82) is 0 Å². The van der Waals surface area contributed by atoms with Crippen LogP contribution in [0.25, 0.3) is 0 Å². The average Bonchev–Trinajstić information content (AvgIpc) is 2.60. The largest absolute Gasteiger partial charge is 0.385 e. The molecule has 0 saturated carbocycles. The van der Waals surface area contributed by atoms with Gasteiger partial charge in [-0.15, -0.1) is 0 Å². The Balaban J connectivity index is 1.70. The maximum atomic E-state index is 10.9. The molecule has 3 aliphatic rings. The van der Waals surface area contributed by atoms with Crippen LogP contribution in [0.3, 0.4) is 0 Å². The van der Waals surface area contributed by atoms with Gasteiger partial charge in [0.2, 0.25) is 0 Å². The minimum atomic E-state index is -0.526. The minimum absolute atomic E-state index is 0.526. The second-order valence-electron chi connectivity index (χ2n) is 5.88. The van der Waals surface area contributed by atoms with Crippen LogP contribution in [0.15, 0.2) is 18.2 Å². The van der Waals surface area contributed by atoms with E-state index in [1.807, 2.05) is 0 Å². The van der Waals surface area contributed by atoms with Crippen LogP contribution >= 0.6 is 11.8 Å². The molecule has 2 atom stereocenters. The lowest BCUT2D eigenvalue weighted by Crippen LogP contribution is -2.35. The fraction of sp³-hybridized carbons (Fsp3) is 0.600. The Morgan fingerprint density at radius 3 is 2.35 bits per heavy atom. The Hall–Kier alpha value is -0.470. The highest BCUT2D eigenvalue weighted by Crippen LogP contribution is 2.51. The summed E-state index contributed by atoms with van der Waals surface area (Å²) >= 11 is 2.11. The Labute approximate surface area is 107 Å². The molecule has 1 nitrogen and oxygen atoms in total. The van der Waals surface area contributed by atoms with Gasteiger partial charge in [0.05, 0.1) is 5.60 Å². The third-order valence-electron chi connectivity index (χ3n) is 4.73. The third-order valence-corrected chi connectivity index (χ3v) is 6.31. The maximum Gasteiger partial charge on any atom is 0.0917 e. The molecule has 17 heavy (non-hydrogen) atoms. The van der Waals surface area contributed by atoms with E-state index in [0.717, 1.165) is 12.8 Å². The van der Waals surface area contributed by atoms with Crippen LogP contribution in [0, 0.1) is 0 Å². The summed E-state index contributed by atoms with van der Waals surface area (Å²) in [5.74, 6) is 0. The molecule has 2 bridgehead atoms. The van der Waals surface area contributed by atoms with Gasteiger partial charge < -0.3 is 5.11 Å². The van der Waals surface area contributed by atoms with Gasteiger partial charge in [-0.1, -0.05) is 18.2 Å². The second-order valence-corrected chi connectivity index (χ2v) is 7.49. The average molecular weight is 246 g/mol. The van der Waals surface area contributed by atoms with E-state index in [0.29, 0.717) is 10.5 Å². The van der Waals surface area contributed by atoms with Crippen molar-refractivity contribution in [1.82, 2.24) is 0 Å². The van der Waals surface area contributed by atoms with Gasteiger partial charge >= 0.3 is 0 Å². The number of thioether (sulfide) groups is 1. The first-order chi connectivity index (χ1) is 8.23. The highest BCUT2D eigenvalue weighted by molar-refractivity contribution is 8.00. The van der Waals surface area contributed by atoms with Crippen molar-refractivity contribution in [2.24, 2.45) is 0 Å². The zero-order chi connectivity index (χ0) is 11.5. The van der Waals surface area contributed by atoms with E-state index in [9.17, 15) is 5.11 Å². The molecule has 0 radical (unpaired) electrons. The third kappa shape index (κ3) is 1.57. The smallest absolute Gasteiger partial charge is 0.0917 e. The number of fused-ring (bicyclic) bond motifs is 3. The van der Waals surface area contributed by atoms with Crippen molar-refractivity contribution in [3.63, 3.8) is 0 Å². The highest BCUT2D eigenvalue weighted by Gasteiger charge is 2.44. The molecule has 1 aromatic carbocycles. The monoisotopic (exact) mass is 246 g/mol. The first-order valence-electron chi connectivity index (χ1n) is 6.73. The molecule has 4 rings (SSSR count). The molecular formula is C15H18OS. The van der Waals surface area contributed by atoms with Gasteiger partial charge in [-0.25, -0.2) is 0 Å². The van der Waals surface area contributed by atoms with Gasteiger partial charge in [0.15, 0.2) is 0 Å².